The maximum Gasteiger partial charge on any atom is 0.258 e. The summed E-state index contributed by atoms with van der Waals surface area (Å²) in [4.78, 5) is 11.6. The molecule has 2 rings (SSSR count). The normalized spacial score (nSPS) is 17.2. The Morgan fingerprint density at radius 1 is 1.12 bits per heavy atom. The second-order valence-electron chi connectivity index (χ2n) is 4.27. The van der Waals surface area contributed by atoms with E-state index in [1.165, 1.54) is 19.3 Å². The highest BCUT2D eigenvalue weighted by Gasteiger charge is 2.10. The Hall–Kier alpha value is -1.61. The van der Waals surface area contributed by atoms with Crippen molar-refractivity contribution in [3.05, 3.63) is 42.0 Å². The van der Waals surface area contributed by atoms with Gasteiger partial charge in [0.25, 0.3) is 5.91 Å². The SMILES string of the molecule is O=C(/C=C\c1ccccc1)NN1CCCCC1. The first kappa shape index (κ1) is 11.9. The number of hydrazine groups is 1. The fourth-order valence-electron chi connectivity index (χ4n) is 1.93. The molecular formula is C14H18N2O. The van der Waals surface area contributed by atoms with Crippen LogP contribution in [-0.4, -0.2) is 24.0 Å². The molecule has 17 heavy (non-hydrogen) atoms. The number of carbonyl (C=O) groups is 1. The third kappa shape index (κ3) is 4.04. The Morgan fingerprint density at radius 3 is 2.53 bits per heavy atom. The molecule has 0 saturated carbocycles. The van der Waals surface area contributed by atoms with Crippen LogP contribution in [0.1, 0.15) is 24.8 Å². The fraction of sp³-hybridized carbons (Fsp3) is 0.357. The number of hydrogen-bond donors (Lipinski definition) is 1. The number of piperidine rings is 1. The van der Waals surface area contributed by atoms with Gasteiger partial charge in [-0.2, -0.15) is 0 Å². The lowest BCUT2D eigenvalue weighted by atomic mass is 10.2. The highest BCUT2D eigenvalue weighted by molar-refractivity contribution is 5.91. The number of hydrogen-bond acceptors (Lipinski definition) is 2. The van der Waals surface area contributed by atoms with Gasteiger partial charge in [-0.3, -0.25) is 10.2 Å². The molecule has 0 aliphatic carbocycles. The molecule has 1 heterocycles. The topological polar surface area (TPSA) is 32.3 Å². The molecule has 0 aromatic heterocycles. The summed E-state index contributed by atoms with van der Waals surface area (Å²) in [6.45, 7) is 1.93. The number of amides is 1. The third-order valence-corrected chi connectivity index (χ3v) is 2.85. The van der Waals surface area contributed by atoms with Gasteiger partial charge < -0.3 is 0 Å². The van der Waals surface area contributed by atoms with Crippen molar-refractivity contribution in [3.63, 3.8) is 0 Å². The van der Waals surface area contributed by atoms with Gasteiger partial charge in [0.2, 0.25) is 0 Å². The van der Waals surface area contributed by atoms with Crippen LogP contribution in [-0.2, 0) is 4.79 Å². The summed E-state index contributed by atoms with van der Waals surface area (Å²) in [5, 5.41) is 2.00. The minimum absolute atomic E-state index is 0.0456. The molecular weight excluding hydrogens is 212 g/mol. The lowest BCUT2D eigenvalue weighted by molar-refractivity contribution is -0.121. The highest BCUT2D eigenvalue weighted by atomic mass is 16.2. The van der Waals surface area contributed by atoms with Crippen LogP contribution in [0.3, 0.4) is 0 Å². The maximum atomic E-state index is 11.6. The van der Waals surface area contributed by atoms with E-state index in [0.717, 1.165) is 18.7 Å². The summed E-state index contributed by atoms with van der Waals surface area (Å²) in [5.41, 5.74) is 3.94. The van der Waals surface area contributed by atoms with Gasteiger partial charge in [-0.25, -0.2) is 5.01 Å². The van der Waals surface area contributed by atoms with Gasteiger partial charge in [0.05, 0.1) is 0 Å². The van der Waals surface area contributed by atoms with Crippen molar-refractivity contribution in [1.82, 2.24) is 10.4 Å². The Balaban J connectivity index is 1.82. The van der Waals surface area contributed by atoms with Crippen molar-refractivity contribution in [2.45, 2.75) is 19.3 Å². The second kappa shape index (κ2) is 6.21. The molecule has 0 atom stereocenters. The van der Waals surface area contributed by atoms with Crippen LogP contribution < -0.4 is 5.43 Å². The fourth-order valence-corrected chi connectivity index (χ4v) is 1.93. The Labute approximate surface area is 102 Å². The summed E-state index contributed by atoms with van der Waals surface area (Å²) in [7, 11) is 0. The largest absolute Gasteiger partial charge is 0.285 e. The minimum atomic E-state index is -0.0456. The molecule has 1 aliphatic heterocycles. The van der Waals surface area contributed by atoms with Crippen LogP contribution in [0.5, 0.6) is 0 Å². The zero-order chi connectivity index (χ0) is 11.9. The van der Waals surface area contributed by atoms with E-state index in [1.54, 1.807) is 6.08 Å². The molecule has 3 heteroatoms. The molecule has 1 fully saturated rings. The van der Waals surface area contributed by atoms with Crippen molar-refractivity contribution >= 4 is 12.0 Å². The van der Waals surface area contributed by atoms with Gasteiger partial charge in [-0.05, 0) is 24.5 Å². The number of benzene rings is 1. The number of carbonyl (C=O) groups excluding carboxylic acids is 1. The van der Waals surface area contributed by atoms with E-state index in [1.807, 2.05) is 41.4 Å². The lowest BCUT2D eigenvalue weighted by Gasteiger charge is -2.26. The average molecular weight is 230 g/mol. The van der Waals surface area contributed by atoms with Crippen molar-refractivity contribution in [3.8, 4) is 0 Å². The van der Waals surface area contributed by atoms with Crippen LogP contribution in [0.15, 0.2) is 36.4 Å². The van der Waals surface area contributed by atoms with Crippen molar-refractivity contribution in [2.75, 3.05) is 13.1 Å². The molecule has 1 amide bonds. The van der Waals surface area contributed by atoms with E-state index in [4.69, 9.17) is 0 Å². The standard InChI is InChI=1S/C14H18N2O/c17-14(15-16-11-5-2-6-12-16)10-9-13-7-3-1-4-8-13/h1,3-4,7-10H,2,5-6,11-12H2,(H,15,17)/b10-9-. The third-order valence-electron chi connectivity index (χ3n) is 2.85. The number of nitrogens with one attached hydrogen (secondary N) is 1. The van der Waals surface area contributed by atoms with E-state index in [-0.39, 0.29) is 5.91 Å². The van der Waals surface area contributed by atoms with Gasteiger partial charge in [0.1, 0.15) is 0 Å². The predicted octanol–water partition coefficient (Wildman–Crippen LogP) is 2.22. The van der Waals surface area contributed by atoms with Gasteiger partial charge in [0, 0.05) is 19.2 Å². The molecule has 1 aromatic rings. The van der Waals surface area contributed by atoms with Crippen LogP contribution in [0.4, 0.5) is 0 Å². The average Bonchev–Trinajstić information content (AvgIpc) is 2.39. The summed E-state index contributed by atoms with van der Waals surface area (Å²) in [6.07, 6.45) is 7.03. The van der Waals surface area contributed by atoms with Crippen molar-refractivity contribution in [2.24, 2.45) is 0 Å². The molecule has 3 nitrogen and oxygen atoms in total. The van der Waals surface area contributed by atoms with Crippen molar-refractivity contribution in [1.29, 1.82) is 0 Å². The van der Waals surface area contributed by atoms with Crippen molar-refractivity contribution < 1.29 is 4.79 Å². The zero-order valence-electron chi connectivity index (χ0n) is 9.93. The van der Waals surface area contributed by atoms with E-state index >= 15 is 0 Å². The van der Waals surface area contributed by atoms with Gasteiger partial charge >= 0.3 is 0 Å². The van der Waals surface area contributed by atoms with E-state index < -0.39 is 0 Å². The van der Waals surface area contributed by atoms with Gasteiger partial charge in [-0.1, -0.05) is 36.8 Å². The molecule has 1 aromatic carbocycles. The van der Waals surface area contributed by atoms with Gasteiger partial charge in [-0.15, -0.1) is 0 Å². The lowest BCUT2D eigenvalue weighted by Crippen LogP contribution is -2.44. The summed E-state index contributed by atoms with van der Waals surface area (Å²) in [5.74, 6) is -0.0456. The molecule has 1 saturated heterocycles. The molecule has 0 spiro atoms. The van der Waals surface area contributed by atoms with Crippen LogP contribution >= 0.6 is 0 Å². The molecule has 90 valence electrons. The molecule has 1 N–H and O–H groups in total. The summed E-state index contributed by atoms with van der Waals surface area (Å²) < 4.78 is 0. The molecule has 0 unspecified atom stereocenters. The first-order valence-corrected chi connectivity index (χ1v) is 6.13. The van der Waals surface area contributed by atoms with Gasteiger partial charge in [0.15, 0.2) is 0 Å². The predicted molar refractivity (Wildman–Crippen MR) is 69.0 cm³/mol. The molecule has 0 radical (unpaired) electrons. The smallest absolute Gasteiger partial charge is 0.258 e. The van der Waals surface area contributed by atoms with E-state index in [2.05, 4.69) is 5.43 Å². The molecule has 1 aliphatic rings. The Kier molecular flexibility index (Phi) is 4.33. The maximum absolute atomic E-state index is 11.6. The second-order valence-corrected chi connectivity index (χ2v) is 4.27. The first-order valence-electron chi connectivity index (χ1n) is 6.13. The van der Waals surface area contributed by atoms with Crippen LogP contribution in [0.2, 0.25) is 0 Å². The Bertz CT molecular complexity index is 380. The number of rotatable bonds is 3. The highest BCUT2D eigenvalue weighted by Crippen LogP contribution is 2.06. The van der Waals surface area contributed by atoms with Crippen LogP contribution in [0.25, 0.3) is 6.08 Å². The minimum Gasteiger partial charge on any atom is -0.285 e. The first-order chi connectivity index (χ1) is 8.34. The Morgan fingerprint density at radius 2 is 1.82 bits per heavy atom. The van der Waals surface area contributed by atoms with E-state index in [0.29, 0.717) is 0 Å². The van der Waals surface area contributed by atoms with E-state index in [9.17, 15) is 4.79 Å². The summed E-state index contributed by atoms with van der Waals surface area (Å²) >= 11 is 0. The zero-order valence-corrected chi connectivity index (χ0v) is 9.93. The quantitative estimate of drug-likeness (QED) is 0.807. The summed E-state index contributed by atoms with van der Waals surface area (Å²) in [6, 6.07) is 9.84. The molecule has 0 bridgehead atoms. The number of nitrogens with zero attached hydrogens (tertiary/aromatic N) is 1. The van der Waals surface area contributed by atoms with Crippen LogP contribution in [0, 0.1) is 0 Å². The monoisotopic (exact) mass is 230 g/mol.